The molecule has 0 aliphatic carbocycles. The standard InChI is InChI=1S/C9H14N6S/c10-8-13-15-7(11-12-9(15)16-8)3-6-14-4-1-2-5-14/h1-6H2,(H2,10,13). The molecule has 0 amide bonds. The van der Waals surface area contributed by atoms with Gasteiger partial charge in [-0.2, -0.15) is 4.52 Å². The molecule has 1 aliphatic rings. The fourth-order valence-electron chi connectivity index (χ4n) is 2.09. The monoisotopic (exact) mass is 238 g/mol. The van der Waals surface area contributed by atoms with Gasteiger partial charge in [0.15, 0.2) is 5.82 Å². The molecular weight excluding hydrogens is 224 g/mol. The van der Waals surface area contributed by atoms with Crippen molar-refractivity contribution in [3.8, 4) is 0 Å². The summed E-state index contributed by atoms with van der Waals surface area (Å²) in [5, 5.41) is 12.9. The summed E-state index contributed by atoms with van der Waals surface area (Å²) in [7, 11) is 0. The number of hydrogen-bond donors (Lipinski definition) is 1. The lowest BCUT2D eigenvalue weighted by Gasteiger charge is -2.12. The average molecular weight is 238 g/mol. The van der Waals surface area contributed by atoms with Crippen molar-refractivity contribution in [3.05, 3.63) is 5.82 Å². The Morgan fingerprint density at radius 3 is 2.88 bits per heavy atom. The van der Waals surface area contributed by atoms with Crippen molar-refractivity contribution < 1.29 is 0 Å². The van der Waals surface area contributed by atoms with E-state index in [4.69, 9.17) is 5.73 Å². The van der Waals surface area contributed by atoms with Gasteiger partial charge < -0.3 is 10.6 Å². The van der Waals surface area contributed by atoms with Gasteiger partial charge >= 0.3 is 0 Å². The third-order valence-electron chi connectivity index (χ3n) is 2.92. The van der Waals surface area contributed by atoms with Crippen LogP contribution < -0.4 is 5.73 Å². The van der Waals surface area contributed by atoms with E-state index in [1.165, 1.54) is 37.3 Å². The minimum absolute atomic E-state index is 0.548. The molecule has 0 saturated carbocycles. The van der Waals surface area contributed by atoms with Crippen LogP contribution in [0.4, 0.5) is 5.13 Å². The van der Waals surface area contributed by atoms with Crippen molar-refractivity contribution >= 4 is 21.4 Å². The molecule has 16 heavy (non-hydrogen) atoms. The van der Waals surface area contributed by atoms with E-state index in [2.05, 4.69) is 20.2 Å². The second kappa shape index (κ2) is 3.99. The largest absolute Gasteiger partial charge is 0.374 e. The Kier molecular flexibility index (Phi) is 2.49. The third-order valence-corrected chi connectivity index (χ3v) is 3.65. The lowest BCUT2D eigenvalue weighted by molar-refractivity contribution is 0.340. The summed E-state index contributed by atoms with van der Waals surface area (Å²) in [6, 6.07) is 0. The first kappa shape index (κ1) is 9.98. The number of nitrogens with two attached hydrogens (primary N) is 1. The summed E-state index contributed by atoms with van der Waals surface area (Å²) in [6.45, 7) is 3.46. The van der Waals surface area contributed by atoms with Gasteiger partial charge in [0.05, 0.1) is 0 Å². The van der Waals surface area contributed by atoms with Crippen molar-refractivity contribution in [1.29, 1.82) is 0 Å². The molecule has 0 spiro atoms. The normalized spacial score (nSPS) is 17.5. The van der Waals surface area contributed by atoms with E-state index in [1.807, 2.05) is 0 Å². The highest BCUT2D eigenvalue weighted by Gasteiger charge is 2.14. The molecule has 2 N–H and O–H groups in total. The van der Waals surface area contributed by atoms with E-state index in [9.17, 15) is 0 Å². The molecule has 1 saturated heterocycles. The molecular formula is C9H14N6S. The van der Waals surface area contributed by atoms with Crippen molar-refractivity contribution in [2.75, 3.05) is 25.4 Å². The van der Waals surface area contributed by atoms with Gasteiger partial charge in [-0.15, -0.1) is 15.3 Å². The zero-order chi connectivity index (χ0) is 11.0. The van der Waals surface area contributed by atoms with Crippen LogP contribution in [-0.2, 0) is 6.42 Å². The number of anilines is 1. The summed E-state index contributed by atoms with van der Waals surface area (Å²) >= 11 is 1.37. The molecule has 0 atom stereocenters. The van der Waals surface area contributed by atoms with E-state index >= 15 is 0 Å². The third kappa shape index (κ3) is 1.76. The van der Waals surface area contributed by atoms with Crippen molar-refractivity contribution in [2.24, 2.45) is 0 Å². The van der Waals surface area contributed by atoms with Crippen LogP contribution in [0.3, 0.4) is 0 Å². The van der Waals surface area contributed by atoms with Crippen molar-refractivity contribution in [3.63, 3.8) is 0 Å². The topological polar surface area (TPSA) is 72.3 Å². The lowest BCUT2D eigenvalue weighted by atomic mass is 10.4. The summed E-state index contributed by atoms with van der Waals surface area (Å²) < 4.78 is 1.76. The zero-order valence-corrected chi connectivity index (χ0v) is 9.78. The Morgan fingerprint density at radius 2 is 2.06 bits per heavy atom. The van der Waals surface area contributed by atoms with Gasteiger partial charge in [0.2, 0.25) is 10.1 Å². The van der Waals surface area contributed by atoms with Crippen LogP contribution in [0.25, 0.3) is 4.96 Å². The molecule has 86 valence electrons. The Morgan fingerprint density at radius 1 is 1.25 bits per heavy atom. The van der Waals surface area contributed by atoms with E-state index in [1.54, 1.807) is 4.52 Å². The molecule has 3 rings (SSSR count). The Labute approximate surface area is 97.1 Å². The van der Waals surface area contributed by atoms with Crippen LogP contribution in [0.15, 0.2) is 0 Å². The molecule has 0 aromatic carbocycles. The van der Waals surface area contributed by atoms with E-state index in [0.717, 1.165) is 23.8 Å². The number of likely N-dealkylation sites (tertiary alicyclic amines) is 1. The molecule has 3 heterocycles. The highest BCUT2D eigenvalue weighted by atomic mass is 32.1. The number of hydrogen-bond acceptors (Lipinski definition) is 6. The fraction of sp³-hybridized carbons (Fsp3) is 0.667. The van der Waals surface area contributed by atoms with Gasteiger partial charge in [0, 0.05) is 13.0 Å². The van der Waals surface area contributed by atoms with Crippen LogP contribution in [0.1, 0.15) is 18.7 Å². The second-order valence-electron chi connectivity index (χ2n) is 4.05. The quantitative estimate of drug-likeness (QED) is 0.838. The van der Waals surface area contributed by atoms with Crippen LogP contribution in [0, 0.1) is 0 Å². The summed E-state index contributed by atoms with van der Waals surface area (Å²) in [6.07, 6.45) is 3.53. The molecule has 0 unspecified atom stereocenters. The predicted octanol–water partition coefficient (Wildman–Crippen LogP) is 0.406. The SMILES string of the molecule is Nc1nn2c(CCN3CCCC3)nnc2s1. The Balaban J connectivity index is 1.73. The number of nitrogens with zero attached hydrogens (tertiary/aromatic N) is 5. The first-order chi connectivity index (χ1) is 7.83. The van der Waals surface area contributed by atoms with Crippen molar-refractivity contribution in [1.82, 2.24) is 24.7 Å². The predicted molar refractivity (Wildman–Crippen MR) is 62.4 cm³/mol. The van der Waals surface area contributed by atoms with Gasteiger partial charge in [-0.1, -0.05) is 11.3 Å². The maximum Gasteiger partial charge on any atom is 0.236 e. The summed E-state index contributed by atoms with van der Waals surface area (Å²) in [5.74, 6) is 0.912. The van der Waals surface area contributed by atoms with Gasteiger partial charge in [0.1, 0.15) is 0 Å². The molecule has 2 aromatic rings. The van der Waals surface area contributed by atoms with Gasteiger partial charge in [0.25, 0.3) is 0 Å². The lowest BCUT2D eigenvalue weighted by Crippen LogP contribution is -2.22. The van der Waals surface area contributed by atoms with Crippen LogP contribution in [0.2, 0.25) is 0 Å². The maximum absolute atomic E-state index is 5.63. The van der Waals surface area contributed by atoms with Gasteiger partial charge in [-0.3, -0.25) is 0 Å². The highest BCUT2D eigenvalue weighted by molar-refractivity contribution is 7.20. The van der Waals surface area contributed by atoms with E-state index < -0.39 is 0 Å². The van der Waals surface area contributed by atoms with Gasteiger partial charge in [-0.25, -0.2) is 0 Å². The fourth-order valence-corrected chi connectivity index (χ4v) is 2.72. The first-order valence-corrected chi connectivity index (χ1v) is 6.33. The maximum atomic E-state index is 5.63. The molecule has 0 bridgehead atoms. The number of fused-ring (bicyclic) bond motifs is 1. The Bertz CT molecular complexity index is 483. The summed E-state index contributed by atoms with van der Waals surface area (Å²) in [5.41, 5.74) is 5.63. The molecule has 2 aromatic heterocycles. The molecule has 6 nitrogen and oxygen atoms in total. The highest BCUT2D eigenvalue weighted by Crippen LogP contribution is 2.16. The molecule has 1 aliphatic heterocycles. The minimum Gasteiger partial charge on any atom is -0.374 e. The molecule has 1 fully saturated rings. The van der Waals surface area contributed by atoms with Crippen molar-refractivity contribution in [2.45, 2.75) is 19.3 Å². The van der Waals surface area contributed by atoms with Crippen LogP contribution in [-0.4, -0.2) is 44.3 Å². The zero-order valence-electron chi connectivity index (χ0n) is 8.96. The minimum atomic E-state index is 0.548. The molecule has 0 radical (unpaired) electrons. The summed E-state index contributed by atoms with van der Waals surface area (Å²) in [4.78, 5) is 3.24. The smallest absolute Gasteiger partial charge is 0.236 e. The van der Waals surface area contributed by atoms with Gasteiger partial charge in [-0.05, 0) is 25.9 Å². The van der Waals surface area contributed by atoms with Crippen LogP contribution >= 0.6 is 11.3 Å². The molecule has 7 heteroatoms. The van der Waals surface area contributed by atoms with Crippen LogP contribution in [0.5, 0.6) is 0 Å². The Hall–Kier alpha value is -1.21. The number of aromatic nitrogens is 4. The number of nitrogen functional groups attached to an aromatic ring is 1. The first-order valence-electron chi connectivity index (χ1n) is 5.52. The van der Waals surface area contributed by atoms with E-state index in [-0.39, 0.29) is 0 Å². The second-order valence-corrected chi connectivity index (χ2v) is 5.04. The number of rotatable bonds is 3. The average Bonchev–Trinajstić information content (AvgIpc) is 2.91. The van der Waals surface area contributed by atoms with E-state index in [0.29, 0.717) is 5.13 Å².